The van der Waals surface area contributed by atoms with E-state index in [2.05, 4.69) is 5.32 Å². The molecule has 18 nitrogen and oxygen atoms in total. The number of aliphatic hydroxyl groups excluding tert-OH is 9. The van der Waals surface area contributed by atoms with Gasteiger partial charge in [-0.1, -0.05) is 98.9 Å². The summed E-state index contributed by atoms with van der Waals surface area (Å²) in [6, 6.07) is -1.10. The van der Waals surface area contributed by atoms with Crippen LogP contribution in [0.5, 0.6) is 0 Å². The summed E-state index contributed by atoms with van der Waals surface area (Å²) in [6.45, 7) is 5.36. The first-order chi connectivity index (χ1) is 31.3. The predicted molar refractivity (Wildman–Crippen MR) is 244 cm³/mol. The van der Waals surface area contributed by atoms with Crippen LogP contribution in [0.3, 0.4) is 0 Å². The molecule has 0 aromatic rings. The highest BCUT2D eigenvalue weighted by molar-refractivity contribution is 5.80. The molecule has 13 N–H and O–H groups in total. The number of nitrogens with one attached hydrogen (secondary N) is 1. The van der Waals surface area contributed by atoms with Crippen molar-refractivity contribution >= 4 is 11.9 Å². The maximum Gasteiger partial charge on any atom is 0.308 e. The maximum atomic E-state index is 13.5. The Morgan fingerprint density at radius 1 is 0.727 bits per heavy atom. The predicted octanol–water partition coefficient (Wildman–Crippen LogP) is 0.519. The molecule has 2 bridgehead atoms. The van der Waals surface area contributed by atoms with Crippen LogP contribution in [0.4, 0.5) is 0 Å². The number of aliphatic hydroxyl groups is 10. The minimum Gasteiger partial charge on any atom is -0.462 e. The Kier molecular flexibility index (Phi) is 25.4. The molecule has 3 aliphatic rings. The quantitative estimate of drug-likeness (QED) is 0.167. The van der Waals surface area contributed by atoms with Crippen LogP contribution in [-0.4, -0.2) is 167 Å². The Labute approximate surface area is 388 Å². The number of carbonyl (C=O) groups is 2. The number of ether oxygens (including phenoxy) is 4. The van der Waals surface area contributed by atoms with Gasteiger partial charge in [0, 0.05) is 44.6 Å². The number of cyclic esters (lactones) is 1. The first-order valence-electron chi connectivity index (χ1n) is 23.0. The molecule has 0 aromatic heterocycles. The summed E-state index contributed by atoms with van der Waals surface area (Å²) in [5.41, 5.74) is 5.99. The third kappa shape index (κ3) is 20.4. The number of fused-ring (bicyclic) bond motifs is 2. The normalized spacial score (nSPS) is 42.7. The largest absolute Gasteiger partial charge is 0.462 e. The van der Waals surface area contributed by atoms with E-state index in [0.717, 1.165) is 0 Å². The Balaban J connectivity index is 1.88. The Bertz CT molecular complexity index is 1650. The van der Waals surface area contributed by atoms with Crippen LogP contribution in [-0.2, 0) is 28.5 Å². The van der Waals surface area contributed by atoms with Crippen LogP contribution >= 0.6 is 0 Å². The van der Waals surface area contributed by atoms with Crippen molar-refractivity contribution in [1.82, 2.24) is 5.32 Å². The summed E-state index contributed by atoms with van der Waals surface area (Å²) in [5.74, 6) is -4.99. The zero-order valence-electron chi connectivity index (χ0n) is 38.3. The highest BCUT2D eigenvalue weighted by Gasteiger charge is 2.50. The van der Waals surface area contributed by atoms with Gasteiger partial charge in [0.05, 0.1) is 86.0 Å². The van der Waals surface area contributed by atoms with E-state index in [1.54, 1.807) is 55.5 Å². The number of hydrogen-bond acceptors (Lipinski definition) is 17. The van der Waals surface area contributed by atoms with E-state index >= 15 is 0 Å². The highest BCUT2D eigenvalue weighted by Crippen LogP contribution is 2.38. The summed E-state index contributed by atoms with van der Waals surface area (Å²) >= 11 is 0. The summed E-state index contributed by atoms with van der Waals surface area (Å²) in [6.07, 6.45) is 6.83. The number of allylic oxidation sites excluding steroid dienone is 12. The standard InChI is InChI=1S/C48H76N2O16/c1-4-21-50-46(61)43-39(57)28-48(62)27-34(53)24-38(56)36(54)20-19-32(51)23-33(52)25-42(59)64-31(3)22-37(55)30(2)17-15-13-11-9-7-5-6-8-10-12-14-16-18-35(26-41(43)66-48)65-47-45(60)44(49)40(58)29-63-47/h5-18,30-41,43-45,47,51-58,60,62H,4,19-29,49H2,1-3H3,(H,50,61)/b6-5+,9-7+,10-8+,13-11+,14-12+,17-15+,18-16+/t30-,31-,32?,33?,34?,35?,36?,37-,38?,39-,40+,41-,43+,44-,45-,47-,48?/m0/s1. The third-order valence-electron chi connectivity index (χ3n) is 11.6. The fourth-order valence-electron chi connectivity index (χ4n) is 7.88. The molecule has 2 fully saturated rings. The number of nitrogens with two attached hydrogens (primary N) is 1. The molecular formula is C48H76N2O16. The van der Waals surface area contributed by atoms with Crippen molar-refractivity contribution in [2.45, 2.75) is 176 Å². The molecule has 66 heavy (non-hydrogen) atoms. The minimum absolute atomic E-state index is 0.0843. The molecule has 7 unspecified atom stereocenters. The molecule has 0 radical (unpaired) electrons. The van der Waals surface area contributed by atoms with Gasteiger partial charge in [-0.15, -0.1) is 0 Å². The van der Waals surface area contributed by atoms with Gasteiger partial charge in [-0.3, -0.25) is 9.59 Å². The summed E-state index contributed by atoms with van der Waals surface area (Å²) in [7, 11) is 0. The lowest BCUT2D eigenvalue weighted by Crippen LogP contribution is -2.59. The van der Waals surface area contributed by atoms with Crippen molar-refractivity contribution in [1.29, 1.82) is 0 Å². The van der Waals surface area contributed by atoms with Crippen LogP contribution < -0.4 is 11.1 Å². The van der Waals surface area contributed by atoms with Gasteiger partial charge in [-0.2, -0.15) is 0 Å². The fourth-order valence-corrected chi connectivity index (χ4v) is 7.88. The lowest BCUT2D eigenvalue weighted by molar-refractivity contribution is -0.304. The Morgan fingerprint density at radius 3 is 1.95 bits per heavy atom. The number of hydrogen-bond donors (Lipinski definition) is 12. The maximum absolute atomic E-state index is 13.5. The zero-order chi connectivity index (χ0) is 48.8. The molecule has 1 amide bonds. The van der Waals surface area contributed by atoms with Crippen LogP contribution in [0, 0.1) is 11.8 Å². The van der Waals surface area contributed by atoms with Crippen LogP contribution in [0.2, 0.25) is 0 Å². The molecule has 0 aliphatic carbocycles. The summed E-state index contributed by atoms with van der Waals surface area (Å²) in [5, 5.41) is 111. The SMILES string of the molecule is CCCNC(=O)[C@H]1[C@@H]2CC(O[C@@H]3OC[C@@H](O)[C@H](N)[C@@H]3O)/C=C/C=C/C=C/C=C/C=C/C=C/C=C/[C@H](C)[C@@H](O)C[C@H](C)OC(=O)CC(O)CC(O)CCC(O)C(O)CC(O)CC(O)(C[C@@H]1O)O2. The van der Waals surface area contributed by atoms with Crippen molar-refractivity contribution in [3.63, 3.8) is 0 Å². The van der Waals surface area contributed by atoms with Gasteiger partial charge in [-0.25, -0.2) is 0 Å². The smallest absolute Gasteiger partial charge is 0.308 e. The average molecular weight is 937 g/mol. The zero-order valence-corrected chi connectivity index (χ0v) is 38.3. The van der Waals surface area contributed by atoms with Crippen LogP contribution in [0.15, 0.2) is 85.1 Å². The first-order valence-corrected chi connectivity index (χ1v) is 23.0. The summed E-state index contributed by atoms with van der Waals surface area (Å²) < 4.78 is 23.2. The molecule has 0 aromatic carbocycles. The molecule has 3 rings (SSSR count). The third-order valence-corrected chi connectivity index (χ3v) is 11.6. The molecule has 2 saturated heterocycles. The van der Waals surface area contributed by atoms with E-state index < -0.39 is 135 Å². The van der Waals surface area contributed by atoms with Crippen molar-refractivity contribution in [2.24, 2.45) is 17.6 Å². The van der Waals surface area contributed by atoms with Gasteiger partial charge in [0.25, 0.3) is 0 Å². The monoisotopic (exact) mass is 937 g/mol. The number of amides is 1. The van der Waals surface area contributed by atoms with Gasteiger partial charge in [0.15, 0.2) is 12.1 Å². The first kappa shape index (κ1) is 56.9. The van der Waals surface area contributed by atoms with Gasteiger partial charge in [0.2, 0.25) is 5.91 Å². The molecule has 3 aliphatic heterocycles. The van der Waals surface area contributed by atoms with Gasteiger partial charge in [-0.05, 0) is 32.6 Å². The molecule has 0 spiro atoms. The molecule has 17 atom stereocenters. The van der Waals surface area contributed by atoms with E-state index in [0.29, 0.717) is 6.42 Å². The fraction of sp³-hybridized carbons (Fsp3) is 0.667. The van der Waals surface area contributed by atoms with Crippen molar-refractivity contribution in [3.05, 3.63) is 85.1 Å². The van der Waals surface area contributed by atoms with Gasteiger partial charge < -0.3 is 81.1 Å². The van der Waals surface area contributed by atoms with E-state index in [9.17, 15) is 60.7 Å². The number of rotatable bonds is 5. The molecule has 374 valence electrons. The van der Waals surface area contributed by atoms with Crippen molar-refractivity contribution in [3.8, 4) is 0 Å². The average Bonchev–Trinajstić information content (AvgIpc) is 3.23. The molecule has 0 saturated carbocycles. The van der Waals surface area contributed by atoms with Gasteiger partial charge >= 0.3 is 5.97 Å². The van der Waals surface area contributed by atoms with E-state index in [1.165, 1.54) is 0 Å². The molecule has 18 heteroatoms. The van der Waals surface area contributed by atoms with E-state index in [4.69, 9.17) is 24.7 Å². The summed E-state index contributed by atoms with van der Waals surface area (Å²) in [4.78, 5) is 26.0. The second kappa shape index (κ2) is 29.4. The lowest BCUT2D eigenvalue weighted by atomic mass is 9.82. The second-order valence-electron chi connectivity index (χ2n) is 17.6. The van der Waals surface area contributed by atoms with Crippen molar-refractivity contribution < 1.29 is 79.6 Å². The second-order valence-corrected chi connectivity index (χ2v) is 17.6. The molecular weight excluding hydrogens is 861 g/mol. The Morgan fingerprint density at radius 2 is 1.33 bits per heavy atom. The topological polar surface area (TPSA) is 311 Å². The Hall–Kier alpha value is -3.44. The van der Waals surface area contributed by atoms with Crippen LogP contribution in [0.25, 0.3) is 0 Å². The van der Waals surface area contributed by atoms with E-state index in [1.807, 2.05) is 50.3 Å². The van der Waals surface area contributed by atoms with Crippen LogP contribution in [0.1, 0.15) is 85.0 Å². The highest BCUT2D eigenvalue weighted by atomic mass is 16.7. The molecule has 3 heterocycles. The van der Waals surface area contributed by atoms with Crippen molar-refractivity contribution in [2.75, 3.05) is 13.2 Å². The van der Waals surface area contributed by atoms with Gasteiger partial charge in [0.1, 0.15) is 12.2 Å². The minimum atomic E-state index is -2.24. The lowest BCUT2D eigenvalue weighted by Gasteiger charge is -2.45. The number of carbonyl (C=O) groups excluding carboxylic acids is 2. The van der Waals surface area contributed by atoms with E-state index in [-0.39, 0.29) is 51.2 Å². The number of esters is 1.